The first-order chi connectivity index (χ1) is 40.3. The molecule has 12 aromatic carbocycles. The highest BCUT2D eigenvalue weighted by molar-refractivity contribution is 6.00. The topological polar surface area (TPSA) is 13.0 Å². The number of anilines is 12. The zero-order chi connectivity index (χ0) is 55.3. The van der Waals surface area contributed by atoms with Crippen LogP contribution >= 0.6 is 0 Å². The molecule has 82 heavy (non-hydrogen) atoms. The first-order valence-electron chi connectivity index (χ1n) is 28.3. The van der Waals surface area contributed by atoms with Crippen LogP contribution in [0.15, 0.2) is 298 Å². The Hall–Kier alpha value is -10.4. The Kier molecular flexibility index (Phi) is 12.6. The van der Waals surface area contributed by atoms with Crippen LogP contribution in [0.25, 0.3) is 28.3 Å². The fourth-order valence-corrected chi connectivity index (χ4v) is 12.9. The van der Waals surface area contributed by atoms with Gasteiger partial charge in [-0.15, -0.1) is 0 Å². The van der Waals surface area contributed by atoms with Crippen LogP contribution in [0.2, 0.25) is 0 Å². The molecule has 0 fully saturated rings. The molecule has 2 aliphatic carbocycles. The minimum absolute atomic E-state index is 0.850. The van der Waals surface area contributed by atoms with E-state index in [1.165, 1.54) is 61.2 Å². The van der Waals surface area contributed by atoms with Gasteiger partial charge >= 0.3 is 0 Å². The van der Waals surface area contributed by atoms with Crippen molar-refractivity contribution in [3.63, 3.8) is 0 Å². The zero-order valence-corrected chi connectivity index (χ0v) is 46.3. The van der Waals surface area contributed by atoms with Crippen molar-refractivity contribution in [3.8, 4) is 22.3 Å². The van der Waals surface area contributed by atoms with Gasteiger partial charge in [0.2, 0.25) is 0 Å². The SMILES string of the molecule is C=Cc1cccc(N(c2ccccc2)c2ccc3c(c2)C2(c4cc(N(c5ccccc5)c5cccc(C)c5)ccc4-c4ccc(N(c5ccccc5)c5cccc(C)c5)cc42)c2cc(N(c4ccccc4)c4cccc(C)c4)ccc2-3)c1. The molecule has 392 valence electrons. The molecule has 0 amide bonds. The normalized spacial score (nSPS) is 12.2. The number of fused-ring (bicyclic) bond motifs is 10. The highest BCUT2D eigenvalue weighted by atomic mass is 15.2. The monoisotopic (exact) mass is 1050 g/mol. The molecule has 0 aromatic heterocycles. The van der Waals surface area contributed by atoms with E-state index in [9.17, 15) is 0 Å². The van der Waals surface area contributed by atoms with Gasteiger partial charge in [0.25, 0.3) is 0 Å². The second-order valence-corrected chi connectivity index (χ2v) is 21.7. The van der Waals surface area contributed by atoms with Crippen LogP contribution in [0.3, 0.4) is 0 Å². The Morgan fingerprint density at radius 3 is 0.756 bits per heavy atom. The summed E-state index contributed by atoms with van der Waals surface area (Å²) in [5, 5.41) is 0. The van der Waals surface area contributed by atoms with E-state index >= 15 is 0 Å². The summed E-state index contributed by atoms with van der Waals surface area (Å²) in [7, 11) is 0. The molecule has 0 saturated carbocycles. The first-order valence-corrected chi connectivity index (χ1v) is 28.3. The predicted octanol–water partition coefficient (Wildman–Crippen LogP) is 21.5. The molecule has 4 heteroatoms. The number of aryl methyl sites for hydroxylation is 3. The van der Waals surface area contributed by atoms with Crippen LogP contribution < -0.4 is 19.6 Å². The Balaban J connectivity index is 1.11. The maximum Gasteiger partial charge on any atom is 0.0728 e. The molecular weight excluding hydrogens is 993 g/mol. The number of hydrogen-bond donors (Lipinski definition) is 0. The second kappa shape index (κ2) is 20.7. The molecule has 14 rings (SSSR count). The van der Waals surface area contributed by atoms with Crippen molar-refractivity contribution in [2.45, 2.75) is 26.2 Å². The molecule has 0 saturated heterocycles. The van der Waals surface area contributed by atoms with Crippen LogP contribution in [0.1, 0.15) is 44.5 Å². The van der Waals surface area contributed by atoms with Gasteiger partial charge in [-0.25, -0.2) is 0 Å². The minimum Gasteiger partial charge on any atom is -0.310 e. The molecule has 0 aliphatic heterocycles. The smallest absolute Gasteiger partial charge is 0.0728 e. The molecular formula is C78H60N4. The lowest BCUT2D eigenvalue weighted by Crippen LogP contribution is -2.27. The van der Waals surface area contributed by atoms with Crippen LogP contribution in [0.4, 0.5) is 68.2 Å². The van der Waals surface area contributed by atoms with E-state index in [1.807, 2.05) is 6.08 Å². The fourth-order valence-electron chi connectivity index (χ4n) is 12.9. The van der Waals surface area contributed by atoms with Gasteiger partial charge in [0.05, 0.1) is 5.41 Å². The zero-order valence-electron chi connectivity index (χ0n) is 46.3. The average molecular weight is 1050 g/mol. The summed E-state index contributed by atoms with van der Waals surface area (Å²) >= 11 is 0. The molecule has 1 spiro atoms. The van der Waals surface area contributed by atoms with E-state index in [1.54, 1.807) is 0 Å². The third-order valence-electron chi connectivity index (χ3n) is 16.4. The maximum absolute atomic E-state index is 4.20. The highest BCUT2D eigenvalue weighted by Gasteiger charge is 2.53. The van der Waals surface area contributed by atoms with E-state index in [4.69, 9.17) is 0 Å². The Labute approximate surface area is 482 Å². The summed E-state index contributed by atoms with van der Waals surface area (Å²) < 4.78 is 0. The van der Waals surface area contributed by atoms with E-state index in [0.717, 1.165) is 73.8 Å². The number of nitrogens with zero attached hydrogens (tertiary/aromatic N) is 4. The van der Waals surface area contributed by atoms with Crippen molar-refractivity contribution in [3.05, 3.63) is 342 Å². The number of rotatable bonds is 13. The van der Waals surface area contributed by atoms with Gasteiger partial charge in [0, 0.05) is 68.2 Å². The van der Waals surface area contributed by atoms with Crippen molar-refractivity contribution in [2.24, 2.45) is 0 Å². The molecule has 0 atom stereocenters. The number of benzene rings is 12. The van der Waals surface area contributed by atoms with E-state index in [0.29, 0.717) is 0 Å². The van der Waals surface area contributed by atoms with E-state index in [-0.39, 0.29) is 0 Å². The van der Waals surface area contributed by atoms with Crippen LogP contribution in [-0.4, -0.2) is 0 Å². The molecule has 2 aliphatic rings. The molecule has 4 nitrogen and oxygen atoms in total. The first kappa shape index (κ1) is 49.8. The highest BCUT2D eigenvalue weighted by Crippen LogP contribution is 2.65. The van der Waals surface area contributed by atoms with Crippen LogP contribution in [0.5, 0.6) is 0 Å². The largest absolute Gasteiger partial charge is 0.310 e. The summed E-state index contributed by atoms with van der Waals surface area (Å²) in [6.07, 6.45) is 1.93. The molecule has 0 N–H and O–H groups in total. The predicted molar refractivity (Wildman–Crippen MR) is 346 cm³/mol. The van der Waals surface area contributed by atoms with E-state index in [2.05, 4.69) is 338 Å². The lowest BCUT2D eigenvalue weighted by molar-refractivity contribution is 0.793. The Bertz CT molecular complexity index is 4080. The van der Waals surface area contributed by atoms with Gasteiger partial charge in [0.1, 0.15) is 0 Å². The lowest BCUT2D eigenvalue weighted by atomic mass is 9.70. The average Bonchev–Trinajstić information content (AvgIpc) is 1.91. The summed E-state index contributed by atoms with van der Waals surface area (Å²) in [6, 6.07) is 107. The number of hydrogen-bond acceptors (Lipinski definition) is 4. The Morgan fingerprint density at radius 1 is 0.244 bits per heavy atom. The van der Waals surface area contributed by atoms with Crippen molar-refractivity contribution in [1.82, 2.24) is 0 Å². The fraction of sp³-hybridized carbons (Fsp3) is 0.0513. The summed E-state index contributed by atoms with van der Waals surface area (Å²) in [5.74, 6) is 0. The Morgan fingerprint density at radius 2 is 0.488 bits per heavy atom. The molecule has 0 bridgehead atoms. The summed E-state index contributed by atoms with van der Waals surface area (Å²) in [5.41, 5.74) is 26.5. The summed E-state index contributed by atoms with van der Waals surface area (Å²) in [6.45, 7) is 10.7. The summed E-state index contributed by atoms with van der Waals surface area (Å²) in [4.78, 5) is 9.67. The quantitative estimate of drug-likeness (QED) is 0.114. The van der Waals surface area contributed by atoms with Gasteiger partial charge < -0.3 is 19.6 Å². The van der Waals surface area contributed by atoms with Crippen molar-refractivity contribution in [2.75, 3.05) is 19.6 Å². The van der Waals surface area contributed by atoms with Gasteiger partial charge in [0.15, 0.2) is 0 Å². The van der Waals surface area contributed by atoms with Gasteiger partial charge in [-0.05, 0) is 233 Å². The molecule has 12 aromatic rings. The third-order valence-corrected chi connectivity index (χ3v) is 16.4. The minimum atomic E-state index is -0.850. The van der Waals surface area contributed by atoms with Crippen LogP contribution in [0, 0.1) is 20.8 Å². The van der Waals surface area contributed by atoms with Gasteiger partial charge in [-0.3, -0.25) is 0 Å². The third kappa shape index (κ3) is 8.56. The van der Waals surface area contributed by atoms with Crippen molar-refractivity contribution in [1.29, 1.82) is 0 Å². The molecule has 0 heterocycles. The standard InChI is InChI=1S/C78H60N4/c1-5-57-25-21-37-65(49-57)82(61-32-16-9-17-33-61)69-41-45-73-72-44-40-68(81(60-30-14-8-15-31-60)64-36-20-24-56(4)48-64)52-76(72)78(77(73)53-69)74-50-66(79(58-26-10-6-11-27-58)62-34-18-22-54(2)46-62)38-42-70(74)71-43-39-67(51-75(71)78)80(59-28-12-7-13-29-59)63-35-19-23-55(3)47-63/h5-53H,1H2,2-4H3. The van der Waals surface area contributed by atoms with Crippen molar-refractivity contribution >= 4 is 74.3 Å². The maximum atomic E-state index is 4.20. The molecule has 0 radical (unpaired) electrons. The van der Waals surface area contributed by atoms with Crippen molar-refractivity contribution < 1.29 is 0 Å². The second-order valence-electron chi connectivity index (χ2n) is 21.7. The van der Waals surface area contributed by atoms with E-state index < -0.39 is 5.41 Å². The molecule has 0 unspecified atom stereocenters. The number of para-hydroxylation sites is 4. The van der Waals surface area contributed by atoms with Gasteiger partial charge in [-0.2, -0.15) is 0 Å². The van der Waals surface area contributed by atoms with Gasteiger partial charge in [-0.1, -0.05) is 158 Å². The lowest BCUT2D eigenvalue weighted by Gasteiger charge is -2.35. The van der Waals surface area contributed by atoms with Crippen LogP contribution in [-0.2, 0) is 5.41 Å².